The van der Waals surface area contributed by atoms with Crippen LogP contribution >= 0.6 is 0 Å². The second-order valence-electron chi connectivity index (χ2n) is 4.86. The van der Waals surface area contributed by atoms with Gasteiger partial charge < -0.3 is 15.2 Å². The van der Waals surface area contributed by atoms with E-state index in [9.17, 15) is 9.59 Å². The van der Waals surface area contributed by atoms with Crippen LogP contribution in [0, 0.1) is 5.92 Å². The maximum absolute atomic E-state index is 12.0. The van der Waals surface area contributed by atoms with E-state index in [4.69, 9.17) is 9.84 Å². The Kier molecular flexibility index (Phi) is 6.03. The van der Waals surface area contributed by atoms with E-state index < -0.39 is 24.5 Å². The van der Waals surface area contributed by atoms with Crippen LogP contribution < -0.4 is 10.1 Å². The lowest BCUT2D eigenvalue weighted by Crippen LogP contribution is -2.43. The summed E-state index contributed by atoms with van der Waals surface area (Å²) in [5.41, 5.74) is 1.02. The molecule has 1 rings (SSSR count). The fourth-order valence-corrected chi connectivity index (χ4v) is 1.80. The molecule has 0 spiro atoms. The number of para-hydroxylation sites is 1. The molecule has 110 valence electrons. The quantitative estimate of drug-likeness (QED) is 0.798. The molecule has 20 heavy (non-hydrogen) atoms. The molecule has 5 heteroatoms. The van der Waals surface area contributed by atoms with Crippen LogP contribution in [-0.2, 0) is 16.0 Å². The van der Waals surface area contributed by atoms with E-state index in [0.717, 1.165) is 12.0 Å². The second kappa shape index (κ2) is 7.53. The van der Waals surface area contributed by atoms with Crippen molar-refractivity contribution < 1.29 is 19.4 Å². The number of ether oxygens (including phenoxy) is 1. The lowest BCUT2D eigenvalue weighted by Gasteiger charge is -2.22. The SMILES string of the molecule is CCc1ccccc1OC(C(=O)NCC(=O)O)C(C)C. The van der Waals surface area contributed by atoms with Gasteiger partial charge in [-0.05, 0) is 24.0 Å². The number of carboxylic acids is 1. The van der Waals surface area contributed by atoms with E-state index in [-0.39, 0.29) is 5.92 Å². The van der Waals surface area contributed by atoms with Gasteiger partial charge in [0.2, 0.25) is 0 Å². The van der Waals surface area contributed by atoms with Gasteiger partial charge in [-0.25, -0.2) is 0 Å². The van der Waals surface area contributed by atoms with Crippen molar-refractivity contribution in [2.45, 2.75) is 33.3 Å². The van der Waals surface area contributed by atoms with E-state index in [1.807, 2.05) is 45.0 Å². The van der Waals surface area contributed by atoms with Crippen molar-refractivity contribution in [1.29, 1.82) is 0 Å². The molecule has 0 bridgehead atoms. The Morgan fingerprint density at radius 2 is 1.95 bits per heavy atom. The Hall–Kier alpha value is -2.04. The average molecular weight is 279 g/mol. The van der Waals surface area contributed by atoms with Gasteiger partial charge in [0.25, 0.3) is 5.91 Å². The van der Waals surface area contributed by atoms with Crippen LogP contribution in [0.4, 0.5) is 0 Å². The van der Waals surface area contributed by atoms with Crippen LogP contribution in [0.1, 0.15) is 26.3 Å². The summed E-state index contributed by atoms with van der Waals surface area (Å²) < 4.78 is 5.79. The lowest BCUT2D eigenvalue weighted by atomic mass is 10.1. The number of carboxylic acid groups (broad SMARTS) is 1. The summed E-state index contributed by atoms with van der Waals surface area (Å²) in [7, 11) is 0. The number of hydrogen-bond acceptors (Lipinski definition) is 3. The van der Waals surface area contributed by atoms with Crippen molar-refractivity contribution in [3.8, 4) is 5.75 Å². The first-order chi connectivity index (χ1) is 9.45. The van der Waals surface area contributed by atoms with Crippen LogP contribution in [0.5, 0.6) is 5.75 Å². The minimum Gasteiger partial charge on any atom is -0.480 e. The normalized spacial score (nSPS) is 12.0. The first-order valence-corrected chi connectivity index (χ1v) is 6.69. The molecule has 0 saturated carbocycles. The second-order valence-corrected chi connectivity index (χ2v) is 4.86. The minimum absolute atomic E-state index is 0.0614. The highest BCUT2D eigenvalue weighted by Crippen LogP contribution is 2.22. The molecular formula is C15H21NO4. The molecule has 0 aliphatic carbocycles. The molecule has 0 aromatic heterocycles. The molecule has 5 nitrogen and oxygen atoms in total. The van der Waals surface area contributed by atoms with E-state index in [2.05, 4.69) is 5.32 Å². The number of benzene rings is 1. The number of nitrogens with one attached hydrogen (secondary N) is 1. The summed E-state index contributed by atoms with van der Waals surface area (Å²) in [5, 5.41) is 11.0. The van der Waals surface area contributed by atoms with E-state index in [0.29, 0.717) is 5.75 Å². The minimum atomic E-state index is -1.07. The molecule has 2 N–H and O–H groups in total. The smallest absolute Gasteiger partial charge is 0.322 e. The van der Waals surface area contributed by atoms with Crippen molar-refractivity contribution in [2.24, 2.45) is 5.92 Å². The number of hydrogen-bond donors (Lipinski definition) is 2. The van der Waals surface area contributed by atoms with Crippen LogP contribution in [0.25, 0.3) is 0 Å². The summed E-state index contributed by atoms with van der Waals surface area (Å²) in [6.45, 7) is 5.33. The Bertz CT molecular complexity index is 471. The van der Waals surface area contributed by atoms with Gasteiger partial charge in [-0.2, -0.15) is 0 Å². The Balaban J connectivity index is 2.81. The summed E-state index contributed by atoms with van der Waals surface area (Å²) >= 11 is 0. The zero-order valence-corrected chi connectivity index (χ0v) is 12.1. The summed E-state index contributed by atoms with van der Waals surface area (Å²) in [6, 6.07) is 7.53. The summed E-state index contributed by atoms with van der Waals surface area (Å²) in [5.74, 6) is -0.879. The van der Waals surface area contributed by atoms with Gasteiger partial charge in [0.05, 0.1) is 0 Å². The zero-order chi connectivity index (χ0) is 15.1. The number of rotatable bonds is 7. The van der Waals surface area contributed by atoms with E-state index in [1.165, 1.54) is 0 Å². The van der Waals surface area contributed by atoms with Crippen molar-refractivity contribution in [2.75, 3.05) is 6.54 Å². The first-order valence-electron chi connectivity index (χ1n) is 6.69. The standard InChI is InChI=1S/C15H21NO4/c1-4-11-7-5-6-8-12(11)20-14(10(2)3)15(19)16-9-13(17)18/h5-8,10,14H,4,9H2,1-3H3,(H,16,19)(H,17,18). The van der Waals surface area contributed by atoms with E-state index >= 15 is 0 Å². The van der Waals surface area contributed by atoms with Gasteiger partial charge in [0.1, 0.15) is 12.3 Å². The molecular weight excluding hydrogens is 258 g/mol. The maximum atomic E-state index is 12.0. The molecule has 1 amide bonds. The first kappa shape index (κ1) is 16.0. The summed E-state index contributed by atoms with van der Waals surface area (Å²) in [6.07, 6.45) is 0.0969. The Morgan fingerprint density at radius 3 is 2.50 bits per heavy atom. The number of carbonyl (C=O) groups excluding carboxylic acids is 1. The van der Waals surface area contributed by atoms with Crippen molar-refractivity contribution in [1.82, 2.24) is 5.32 Å². The Labute approximate surface area is 118 Å². The monoisotopic (exact) mass is 279 g/mol. The third-order valence-electron chi connectivity index (χ3n) is 2.89. The fraction of sp³-hybridized carbons (Fsp3) is 0.467. The van der Waals surface area contributed by atoms with Crippen molar-refractivity contribution >= 4 is 11.9 Å². The van der Waals surface area contributed by atoms with Crippen LogP contribution in [0.15, 0.2) is 24.3 Å². The highest BCUT2D eigenvalue weighted by Gasteiger charge is 2.25. The topological polar surface area (TPSA) is 75.6 Å². The molecule has 0 aliphatic rings. The molecule has 1 unspecified atom stereocenters. The van der Waals surface area contributed by atoms with Crippen LogP contribution in [-0.4, -0.2) is 29.6 Å². The van der Waals surface area contributed by atoms with Gasteiger partial charge in [-0.15, -0.1) is 0 Å². The van der Waals surface area contributed by atoms with Gasteiger partial charge >= 0.3 is 5.97 Å². The third-order valence-corrected chi connectivity index (χ3v) is 2.89. The van der Waals surface area contributed by atoms with Gasteiger partial charge in [0, 0.05) is 0 Å². The fourth-order valence-electron chi connectivity index (χ4n) is 1.80. The number of carbonyl (C=O) groups is 2. The number of aliphatic carboxylic acids is 1. The van der Waals surface area contributed by atoms with Crippen LogP contribution in [0.2, 0.25) is 0 Å². The molecule has 1 aromatic carbocycles. The average Bonchev–Trinajstić information content (AvgIpc) is 2.42. The molecule has 0 fully saturated rings. The molecule has 1 aromatic rings. The zero-order valence-electron chi connectivity index (χ0n) is 12.1. The summed E-state index contributed by atoms with van der Waals surface area (Å²) in [4.78, 5) is 22.5. The lowest BCUT2D eigenvalue weighted by molar-refractivity contribution is -0.139. The number of aryl methyl sites for hydroxylation is 1. The van der Waals surface area contributed by atoms with Crippen LogP contribution in [0.3, 0.4) is 0 Å². The third kappa shape index (κ3) is 4.57. The van der Waals surface area contributed by atoms with Gasteiger partial charge in [-0.1, -0.05) is 39.0 Å². The maximum Gasteiger partial charge on any atom is 0.322 e. The Morgan fingerprint density at radius 1 is 1.30 bits per heavy atom. The highest BCUT2D eigenvalue weighted by molar-refractivity contribution is 5.84. The van der Waals surface area contributed by atoms with Crippen molar-refractivity contribution in [3.63, 3.8) is 0 Å². The van der Waals surface area contributed by atoms with Gasteiger partial charge in [0.15, 0.2) is 6.10 Å². The molecule has 0 saturated heterocycles. The number of amides is 1. The van der Waals surface area contributed by atoms with Crippen molar-refractivity contribution in [3.05, 3.63) is 29.8 Å². The highest BCUT2D eigenvalue weighted by atomic mass is 16.5. The molecule has 1 atom stereocenters. The molecule has 0 radical (unpaired) electrons. The predicted octanol–water partition coefficient (Wildman–Crippen LogP) is 1.85. The molecule has 0 heterocycles. The van der Waals surface area contributed by atoms with E-state index in [1.54, 1.807) is 0 Å². The molecule has 0 aliphatic heterocycles. The largest absolute Gasteiger partial charge is 0.480 e. The predicted molar refractivity (Wildman–Crippen MR) is 75.7 cm³/mol. The van der Waals surface area contributed by atoms with Gasteiger partial charge in [-0.3, -0.25) is 9.59 Å².